The van der Waals surface area contributed by atoms with Crippen molar-refractivity contribution in [1.29, 1.82) is 0 Å². The zero-order valence-electron chi connectivity index (χ0n) is 31.7. The van der Waals surface area contributed by atoms with Crippen molar-refractivity contribution >= 4 is 413 Å². The Bertz CT molecular complexity index is 1450. The van der Waals surface area contributed by atoms with Gasteiger partial charge in [-0.05, 0) is 12.1 Å². The summed E-state index contributed by atoms with van der Waals surface area (Å²) in [7, 11) is 4.34. The second-order valence-electron chi connectivity index (χ2n) is 6.86. The van der Waals surface area contributed by atoms with E-state index < -0.39 is 22.4 Å². The molecule has 0 unspecified atom stereocenters. The number of nitrogens with zero attached hydrogens (tertiary/aromatic N) is 5. The summed E-state index contributed by atoms with van der Waals surface area (Å²) in [6.07, 6.45) is 4.68. The van der Waals surface area contributed by atoms with Crippen LogP contribution in [-0.4, -0.2) is 424 Å². The Morgan fingerprint density at radius 3 is 2.07 bits per heavy atom. The molecule has 182 valence electrons. The van der Waals surface area contributed by atoms with Crippen molar-refractivity contribution < 1.29 is 76.4 Å². The van der Waals surface area contributed by atoms with Gasteiger partial charge >= 0.3 is 442 Å². The van der Waals surface area contributed by atoms with Gasteiger partial charge in [0.15, 0.2) is 0 Å². The number of carbonyl (C=O) groups excluding carboxylic acids is 1. The second kappa shape index (κ2) is 48.1. The molecule has 0 saturated carbocycles. The number of esters is 1. The summed E-state index contributed by atoms with van der Waals surface area (Å²) in [5, 5.41) is 14.7. The van der Waals surface area contributed by atoms with Crippen LogP contribution >= 0.6 is 0 Å². The summed E-state index contributed by atoms with van der Waals surface area (Å²) in [6, 6.07) is 5.46. The van der Waals surface area contributed by atoms with Gasteiger partial charge in [-0.1, -0.05) is 0 Å². The number of aryl methyl sites for hydroxylation is 1. The summed E-state index contributed by atoms with van der Waals surface area (Å²) < 4.78 is 25.8. The number of benzene rings is 1. The van der Waals surface area contributed by atoms with Gasteiger partial charge in [-0.3, -0.25) is 10.1 Å². The Morgan fingerprint density at radius 2 is 1.57 bits per heavy atom. The van der Waals surface area contributed by atoms with Crippen LogP contribution in [0.5, 0.6) is 5.75 Å². The van der Waals surface area contributed by atoms with Crippen molar-refractivity contribution in [3.05, 3.63) is 64.4 Å². The van der Waals surface area contributed by atoms with E-state index in [0.29, 0.717) is 11.2 Å². The zero-order valence-corrected chi connectivity index (χ0v) is 71.3. The maximum absolute atomic E-state index is 14.0. The van der Waals surface area contributed by atoms with Gasteiger partial charge in [-0.15, -0.1) is 0 Å². The van der Waals surface area contributed by atoms with E-state index in [-0.39, 0.29) is 81.5 Å². The molecule has 3 heterocycles. The Hall–Kier alpha value is 16.7. The zero-order chi connectivity index (χ0) is 35.7. The van der Waals surface area contributed by atoms with Gasteiger partial charge in [0.1, 0.15) is 17.0 Å². The first-order chi connectivity index (χ1) is 21.8. The number of nitro benzene ring substituents is 1. The molecule has 0 bridgehead atoms. The van der Waals surface area contributed by atoms with Gasteiger partial charge in [-0.25, -0.2) is 19.7 Å². The van der Waals surface area contributed by atoms with Crippen LogP contribution in [0.25, 0.3) is 22.3 Å². The van der Waals surface area contributed by atoms with Crippen LogP contribution in [0.15, 0.2) is 42.9 Å². The topological polar surface area (TPSA) is 134 Å². The predicted octanol–water partition coefficient (Wildman–Crippen LogP) is -3.84. The molecule has 4 rings (SSSR count). The Labute approximate surface area is 585 Å². The van der Waals surface area contributed by atoms with E-state index >= 15 is 0 Å². The number of halogens is 1. The predicted molar refractivity (Wildman–Crippen MR) is 186 cm³/mol. The van der Waals surface area contributed by atoms with Crippen molar-refractivity contribution in [3.8, 4) is 17.0 Å². The third-order valence-corrected chi connectivity index (χ3v) is 4.89. The number of pyridine rings is 1. The van der Waals surface area contributed by atoms with Gasteiger partial charge in [0.05, 0.1) is 30.5 Å². The molecule has 0 saturated heterocycles. The fourth-order valence-corrected chi connectivity index (χ4v) is 3.38. The number of nitrogens with one attached hydrogen (secondary N) is 1. The quantitative estimate of drug-likeness (QED) is 0.0895. The van der Waals surface area contributed by atoms with Crippen LogP contribution in [-0.2, 0) is 11.8 Å². The second-order valence-corrected chi connectivity index (χ2v) is 6.86. The van der Waals surface area contributed by atoms with Gasteiger partial charge in [0.25, 0.3) is 0 Å². The van der Waals surface area contributed by atoms with Crippen molar-refractivity contribution in [2.45, 2.75) is 0 Å². The van der Waals surface area contributed by atoms with Crippen molar-refractivity contribution in [3.63, 3.8) is 0 Å². The molecule has 25 heteroatoms. The normalized spacial score (nSPS) is 8.78. The molecule has 0 atom stereocenters. The van der Waals surface area contributed by atoms with Crippen molar-refractivity contribution in [2.75, 3.05) is 19.5 Å². The summed E-state index contributed by atoms with van der Waals surface area (Å²) in [5.74, 6) is -1.69. The van der Waals surface area contributed by atoms with Crippen LogP contribution < -0.4 is 61.4 Å². The third kappa shape index (κ3) is 27.5. The van der Waals surface area contributed by atoms with Crippen molar-refractivity contribution in [2.24, 2.45) is 7.05 Å². The minimum absolute atomic E-state index is 0. The SMILES string of the molecule is COC(=O)c1cnc(Nc2cc([N+](=O)[O-])c(F)cc2OC)nc1-c1cn(C)c2ncccc12.[H-].[K+].[K][K].[K][K].[K][K].[K][K].[K][K].[K][K]. The standard InChI is InChI=1S/C21H17FN6O5.13K.H/c1-27-10-13(11-5-4-6-23-19(11)27)18-12(20(29)33-3)9-24-21(26-18)25-15-8-16(28(30)31)14(22)7-17(15)32-2;;;;;;;;;;;;;;/h4-10H,1-3H3,(H,24,25,26);;;;;;;;;;;;;;/q;;;;;;;;;;;;;+1;-1. The number of rotatable bonds is 6. The number of methoxy groups -OCH3 is 2. The van der Waals surface area contributed by atoms with Gasteiger partial charge < -0.3 is 20.8 Å². The van der Waals surface area contributed by atoms with Crippen LogP contribution in [0.3, 0.4) is 0 Å². The number of anilines is 2. The number of carbonyl (C=O) groups is 1. The van der Waals surface area contributed by atoms with Crippen LogP contribution in [0, 0.1) is 15.9 Å². The first-order valence-corrected chi connectivity index (χ1v) is 111. The van der Waals surface area contributed by atoms with Crippen LogP contribution in [0.1, 0.15) is 11.8 Å². The number of fused-ring (bicyclic) bond motifs is 1. The van der Waals surface area contributed by atoms with Gasteiger partial charge in [0, 0.05) is 48.7 Å². The van der Waals surface area contributed by atoms with Crippen molar-refractivity contribution in [1.82, 2.24) is 19.5 Å². The molecule has 1 aromatic carbocycles. The summed E-state index contributed by atoms with van der Waals surface area (Å²) in [5.41, 5.74) is 0.965. The monoisotopic (exact) mass is 960 g/mol. The fraction of sp³-hybridized carbons (Fsp3) is 0.143. The first kappa shape index (κ1) is 69.2. The molecule has 0 radical (unpaired) electrons. The molecule has 0 aliphatic heterocycles. The summed E-state index contributed by atoms with van der Waals surface area (Å²) >= 11 is 15.0. The number of ether oxygens (including phenoxy) is 2. The average Bonchev–Trinajstić information content (AvgIpc) is 3.46. The van der Waals surface area contributed by atoms with E-state index in [1.54, 1.807) is 30.1 Å². The molecule has 0 aliphatic carbocycles. The van der Waals surface area contributed by atoms with Crippen LogP contribution in [0.4, 0.5) is 21.7 Å². The molecule has 1 N–H and O–H groups in total. The third-order valence-electron chi connectivity index (χ3n) is 4.89. The number of nitro groups is 1. The molecular formula is C21H18FK13N6O5. The summed E-state index contributed by atoms with van der Waals surface area (Å²) in [4.78, 5) is 35.6. The molecule has 0 aliphatic rings. The number of hydrogen-bond donors (Lipinski definition) is 1. The number of hydrogen-bond acceptors (Lipinski definition) is 9. The minimum atomic E-state index is -1.05. The van der Waals surface area contributed by atoms with E-state index in [0.717, 1.165) is 17.5 Å². The number of aromatic nitrogens is 4. The molecule has 4 aromatic rings. The van der Waals surface area contributed by atoms with Gasteiger partial charge in [-0.2, -0.15) is 4.39 Å². The molecule has 3 aromatic heterocycles. The molecule has 11 nitrogen and oxygen atoms in total. The molecule has 0 spiro atoms. The average molecular weight is 962 g/mol. The Balaban J connectivity index is -0.000000379. The molecule has 0 amide bonds. The summed E-state index contributed by atoms with van der Waals surface area (Å²) in [6.45, 7) is 0. The van der Waals surface area contributed by atoms with E-state index in [4.69, 9.17) is 9.47 Å². The molecular weight excluding hydrogens is 944 g/mol. The Morgan fingerprint density at radius 1 is 1.00 bits per heavy atom. The van der Waals surface area contributed by atoms with Gasteiger partial charge in [0.2, 0.25) is 11.8 Å². The van der Waals surface area contributed by atoms with E-state index in [2.05, 4.69) is 20.3 Å². The fourth-order valence-electron chi connectivity index (χ4n) is 3.38. The maximum atomic E-state index is 14.0. The van der Waals surface area contributed by atoms with Crippen LogP contribution in [0.2, 0.25) is 0 Å². The van der Waals surface area contributed by atoms with E-state index in [1.165, 1.54) is 399 Å². The molecule has 0 fully saturated rings. The first-order valence-electron chi connectivity index (χ1n) is 15.5. The van der Waals surface area contributed by atoms with E-state index in [9.17, 15) is 19.3 Å². The van der Waals surface area contributed by atoms with E-state index in [1.807, 2.05) is 6.07 Å². The molecule has 46 heavy (non-hydrogen) atoms. The Kier molecular flexibility index (Phi) is 72.4.